The number of nitrogens with zero attached hydrogens (tertiary/aromatic N) is 2. The highest BCUT2D eigenvalue weighted by molar-refractivity contribution is 6.21. The van der Waals surface area contributed by atoms with Gasteiger partial charge in [-0.1, -0.05) is 38.8 Å². The van der Waals surface area contributed by atoms with Crippen LogP contribution in [0.1, 0.15) is 60.2 Å². The van der Waals surface area contributed by atoms with Gasteiger partial charge in [0.05, 0.1) is 17.7 Å². The summed E-state index contributed by atoms with van der Waals surface area (Å²) in [4.78, 5) is 63.7. The maximum absolute atomic E-state index is 12.8. The molecule has 0 radical (unpaired) electrons. The Labute approximate surface area is 174 Å². The Bertz CT molecular complexity index is 855. The maximum atomic E-state index is 12.8. The summed E-state index contributed by atoms with van der Waals surface area (Å²) in [6.07, 6.45) is 2.42. The molecular formula is C21H25N3O6. The SMILES string of the molecule is CCCC1(CCC)NC(=O)N(CC(=O)OCCN2C(=O)c3ccccc3C2=O)C1=O. The van der Waals surface area contributed by atoms with E-state index in [1.165, 1.54) is 0 Å². The summed E-state index contributed by atoms with van der Waals surface area (Å²) < 4.78 is 5.09. The molecule has 2 aliphatic rings. The van der Waals surface area contributed by atoms with Crippen molar-refractivity contribution >= 4 is 29.7 Å². The minimum atomic E-state index is -0.971. The molecule has 0 spiro atoms. The van der Waals surface area contributed by atoms with Crippen LogP contribution in [0.15, 0.2) is 24.3 Å². The largest absolute Gasteiger partial charge is 0.462 e. The molecule has 1 aromatic rings. The topological polar surface area (TPSA) is 113 Å². The second-order valence-electron chi connectivity index (χ2n) is 7.43. The fraction of sp³-hybridized carbons (Fsp3) is 0.476. The fourth-order valence-electron chi connectivity index (χ4n) is 4.00. The van der Waals surface area contributed by atoms with E-state index in [1.54, 1.807) is 24.3 Å². The number of benzene rings is 1. The lowest BCUT2D eigenvalue weighted by atomic mass is 9.88. The molecule has 30 heavy (non-hydrogen) atoms. The summed E-state index contributed by atoms with van der Waals surface area (Å²) in [6, 6.07) is 5.86. The molecule has 3 rings (SSSR count). The number of hydrogen-bond donors (Lipinski definition) is 1. The molecule has 160 valence electrons. The highest BCUT2D eigenvalue weighted by Gasteiger charge is 2.50. The second kappa shape index (κ2) is 8.64. The molecule has 1 saturated heterocycles. The quantitative estimate of drug-likeness (QED) is 0.373. The number of ether oxygens (including phenoxy) is 1. The number of esters is 1. The highest BCUT2D eigenvalue weighted by atomic mass is 16.5. The maximum Gasteiger partial charge on any atom is 0.326 e. The molecule has 2 aliphatic heterocycles. The Morgan fingerprint density at radius 3 is 2.07 bits per heavy atom. The van der Waals surface area contributed by atoms with Gasteiger partial charge >= 0.3 is 12.0 Å². The molecule has 0 aromatic heterocycles. The van der Waals surface area contributed by atoms with Crippen LogP contribution in [-0.2, 0) is 14.3 Å². The molecule has 0 bridgehead atoms. The van der Waals surface area contributed by atoms with E-state index in [4.69, 9.17) is 4.74 Å². The van der Waals surface area contributed by atoms with E-state index in [0.717, 1.165) is 9.80 Å². The van der Waals surface area contributed by atoms with Crippen molar-refractivity contribution in [1.82, 2.24) is 15.1 Å². The van der Waals surface area contributed by atoms with Crippen molar-refractivity contribution in [1.29, 1.82) is 0 Å². The zero-order valence-electron chi connectivity index (χ0n) is 17.1. The average molecular weight is 415 g/mol. The molecule has 0 atom stereocenters. The first-order valence-electron chi connectivity index (χ1n) is 10.1. The third-order valence-electron chi connectivity index (χ3n) is 5.34. The van der Waals surface area contributed by atoms with Crippen molar-refractivity contribution in [3.63, 3.8) is 0 Å². The number of hydrogen-bond acceptors (Lipinski definition) is 6. The molecule has 1 N–H and O–H groups in total. The molecule has 0 saturated carbocycles. The molecule has 1 aromatic carbocycles. The zero-order valence-corrected chi connectivity index (χ0v) is 17.1. The normalized spacial score (nSPS) is 17.4. The number of fused-ring (bicyclic) bond motifs is 1. The molecule has 9 nitrogen and oxygen atoms in total. The molecule has 0 unspecified atom stereocenters. The van der Waals surface area contributed by atoms with Gasteiger partial charge in [-0.05, 0) is 25.0 Å². The minimum Gasteiger partial charge on any atom is -0.462 e. The van der Waals surface area contributed by atoms with E-state index in [-0.39, 0.29) is 13.2 Å². The Kier molecular flexibility index (Phi) is 6.19. The number of carbonyl (C=O) groups is 5. The van der Waals surface area contributed by atoms with E-state index in [9.17, 15) is 24.0 Å². The Morgan fingerprint density at radius 2 is 1.53 bits per heavy atom. The molecular weight excluding hydrogens is 390 g/mol. The van der Waals surface area contributed by atoms with Crippen molar-refractivity contribution in [2.45, 2.75) is 45.1 Å². The predicted molar refractivity (Wildman–Crippen MR) is 106 cm³/mol. The van der Waals surface area contributed by atoms with Crippen LogP contribution in [-0.4, -0.2) is 64.8 Å². The number of urea groups is 1. The summed E-state index contributed by atoms with van der Waals surface area (Å²) >= 11 is 0. The van der Waals surface area contributed by atoms with E-state index < -0.39 is 41.8 Å². The average Bonchev–Trinajstić information content (AvgIpc) is 3.09. The third-order valence-corrected chi connectivity index (χ3v) is 5.34. The Balaban J connectivity index is 1.54. The van der Waals surface area contributed by atoms with Crippen molar-refractivity contribution < 1.29 is 28.7 Å². The van der Waals surface area contributed by atoms with E-state index in [0.29, 0.717) is 36.8 Å². The number of rotatable bonds is 9. The van der Waals surface area contributed by atoms with Gasteiger partial charge in [-0.3, -0.25) is 29.0 Å². The van der Waals surface area contributed by atoms with Gasteiger partial charge in [0, 0.05) is 0 Å². The van der Waals surface area contributed by atoms with Crippen LogP contribution in [0.2, 0.25) is 0 Å². The van der Waals surface area contributed by atoms with Gasteiger partial charge in [-0.25, -0.2) is 4.79 Å². The minimum absolute atomic E-state index is 0.103. The Morgan fingerprint density at radius 1 is 0.967 bits per heavy atom. The second-order valence-corrected chi connectivity index (χ2v) is 7.43. The van der Waals surface area contributed by atoms with Crippen LogP contribution in [0.5, 0.6) is 0 Å². The van der Waals surface area contributed by atoms with E-state index >= 15 is 0 Å². The van der Waals surface area contributed by atoms with E-state index in [1.807, 2.05) is 13.8 Å². The van der Waals surface area contributed by atoms with Crippen LogP contribution in [0.4, 0.5) is 4.79 Å². The summed E-state index contributed by atoms with van der Waals surface area (Å²) in [5.41, 5.74) is -0.339. The number of carbonyl (C=O) groups excluding carboxylic acids is 5. The number of nitrogens with one attached hydrogen (secondary N) is 1. The zero-order chi connectivity index (χ0) is 21.9. The third kappa shape index (κ3) is 3.79. The van der Waals surface area contributed by atoms with Gasteiger partial charge in [-0.2, -0.15) is 0 Å². The summed E-state index contributed by atoms with van der Waals surface area (Å²) in [7, 11) is 0. The Hall–Kier alpha value is -3.23. The lowest BCUT2D eigenvalue weighted by Gasteiger charge is -2.25. The van der Waals surface area contributed by atoms with Gasteiger partial charge in [0.1, 0.15) is 18.7 Å². The first-order chi connectivity index (χ1) is 14.3. The lowest BCUT2D eigenvalue weighted by molar-refractivity contribution is -0.148. The predicted octanol–water partition coefficient (Wildman–Crippen LogP) is 1.72. The number of amides is 5. The van der Waals surface area contributed by atoms with Crippen molar-refractivity contribution in [3.05, 3.63) is 35.4 Å². The van der Waals surface area contributed by atoms with Crippen LogP contribution in [0.3, 0.4) is 0 Å². The van der Waals surface area contributed by atoms with Crippen LogP contribution in [0, 0.1) is 0 Å². The molecule has 2 heterocycles. The van der Waals surface area contributed by atoms with Gasteiger partial charge in [0.25, 0.3) is 17.7 Å². The standard InChI is InChI=1S/C21H25N3O6/c1-3-9-21(10-4-2)19(28)24(20(29)22-21)13-16(25)30-12-11-23-17(26)14-7-5-6-8-15(14)18(23)27/h5-8H,3-4,9-13H2,1-2H3,(H,22,29). The molecule has 1 fully saturated rings. The van der Waals surface area contributed by atoms with Gasteiger partial charge in [-0.15, -0.1) is 0 Å². The number of imide groups is 2. The van der Waals surface area contributed by atoms with Gasteiger partial charge in [0.2, 0.25) is 0 Å². The van der Waals surface area contributed by atoms with Crippen molar-refractivity contribution in [3.8, 4) is 0 Å². The highest BCUT2D eigenvalue weighted by Crippen LogP contribution is 2.28. The van der Waals surface area contributed by atoms with Crippen molar-refractivity contribution in [2.75, 3.05) is 19.7 Å². The summed E-state index contributed by atoms with van der Waals surface area (Å²) in [5.74, 6) is -2.08. The van der Waals surface area contributed by atoms with Gasteiger partial charge < -0.3 is 10.1 Å². The molecule has 0 aliphatic carbocycles. The van der Waals surface area contributed by atoms with Crippen LogP contribution >= 0.6 is 0 Å². The lowest BCUT2D eigenvalue weighted by Crippen LogP contribution is -2.47. The monoisotopic (exact) mass is 415 g/mol. The van der Waals surface area contributed by atoms with E-state index in [2.05, 4.69) is 5.32 Å². The van der Waals surface area contributed by atoms with Crippen LogP contribution in [0.25, 0.3) is 0 Å². The molecule has 5 amide bonds. The first-order valence-corrected chi connectivity index (χ1v) is 10.1. The van der Waals surface area contributed by atoms with Crippen LogP contribution < -0.4 is 5.32 Å². The van der Waals surface area contributed by atoms with Gasteiger partial charge in [0.15, 0.2) is 0 Å². The first kappa shape index (κ1) is 21.5. The molecule has 9 heteroatoms. The summed E-state index contributed by atoms with van der Waals surface area (Å²) in [6.45, 7) is 3.01. The smallest absolute Gasteiger partial charge is 0.326 e. The summed E-state index contributed by atoms with van der Waals surface area (Å²) in [5, 5.41) is 2.73. The van der Waals surface area contributed by atoms with Crippen molar-refractivity contribution in [2.24, 2.45) is 0 Å². The fourth-order valence-corrected chi connectivity index (χ4v) is 4.00.